The number of hydrogen-bond acceptors (Lipinski definition) is 2. The second-order valence-corrected chi connectivity index (χ2v) is 2.64. The van der Waals surface area contributed by atoms with Crippen LogP contribution < -0.4 is 5.32 Å². The SMILES string of the molecule is OCCNCc1cc(F)ccc1F. The standard InChI is InChI=1S/C9H11F2NO/c10-8-1-2-9(11)7(5-8)6-12-3-4-13/h1-2,5,12-13H,3-4,6H2. The van der Waals surface area contributed by atoms with Crippen molar-refractivity contribution in [2.24, 2.45) is 0 Å². The van der Waals surface area contributed by atoms with Crippen LogP contribution in [0.4, 0.5) is 8.78 Å². The van der Waals surface area contributed by atoms with E-state index in [4.69, 9.17) is 5.11 Å². The molecule has 0 heterocycles. The molecule has 4 heteroatoms. The van der Waals surface area contributed by atoms with Crippen molar-refractivity contribution in [3.05, 3.63) is 35.4 Å². The first kappa shape index (κ1) is 10.1. The molecule has 0 bridgehead atoms. The molecule has 0 atom stereocenters. The maximum Gasteiger partial charge on any atom is 0.127 e. The van der Waals surface area contributed by atoms with E-state index >= 15 is 0 Å². The molecule has 13 heavy (non-hydrogen) atoms. The number of aliphatic hydroxyl groups is 1. The number of nitrogens with one attached hydrogen (secondary N) is 1. The fourth-order valence-corrected chi connectivity index (χ4v) is 0.981. The van der Waals surface area contributed by atoms with Gasteiger partial charge in [-0.1, -0.05) is 0 Å². The largest absolute Gasteiger partial charge is 0.395 e. The Balaban J connectivity index is 2.59. The zero-order valence-corrected chi connectivity index (χ0v) is 7.06. The summed E-state index contributed by atoms with van der Waals surface area (Å²) in [4.78, 5) is 0. The van der Waals surface area contributed by atoms with Crippen LogP contribution in [0.2, 0.25) is 0 Å². The third-order valence-electron chi connectivity index (χ3n) is 1.61. The Kier molecular flexibility index (Phi) is 3.79. The highest BCUT2D eigenvalue weighted by Crippen LogP contribution is 2.08. The molecule has 72 valence electrons. The van der Waals surface area contributed by atoms with Crippen LogP contribution in [0.15, 0.2) is 18.2 Å². The van der Waals surface area contributed by atoms with E-state index in [2.05, 4.69) is 5.32 Å². The first-order chi connectivity index (χ1) is 6.24. The molecule has 0 aliphatic rings. The summed E-state index contributed by atoms with van der Waals surface area (Å²) >= 11 is 0. The van der Waals surface area contributed by atoms with Crippen LogP contribution in [0, 0.1) is 11.6 Å². The summed E-state index contributed by atoms with van der Waals surface area (Å²) in [7, 11) is 0. The molecule has 1 rings (SSSR count). The van der Waals surface area contributed by atoms with E-state index in [0.29, 0.717) is 6.54 Å². The van der Waals surface area contributed by atoms with Crippen LogP contribution in [-0.2, 0) is 6.54 Å². The Morgan fingerprint density at radius 1 is 1.31 bits per heavy atom. The van der Waals surface area contributed by atoms with Gasteiger partial charge in [0.25, 0.3) is 0 Å². The summed E-state index contributed by atoms with van der Waals surface area (Å²) in [5, 5.41) is 11.2. The second kappa shape index (κ2) is 4.89. The summed E-state index contributed by atoms with van der Waals surface area (Å²) in [6.07, 6.45) is 0. The summed E-state index contributed by atoms with van der Waals surface area (Å²) in [5.41, 5.74) is 0.272. The van der Waals surface area contributed by atoms with Crippen LogP contribution in [0.1, 0.15) is 5.56 Å². The lowest BCUT2D eigenvalue weighted by atomic mass is 10.2. The second-order valence-electron chi connectivity index (χ2n) is 2.64. The summed E-state index contributed by atoms with van der Waals surface area (Å²) < 4.78 is 25.5. The van der Waals surface area contributed by atoms with Gasteiger partial charge in [-0.3, -0.25) is 0 Å². The van der Waals surface area contributed by atoms with Crippen molar-refractivity contribution >= 4 is 0 Å². The highest BCUT2D eigenvalue weighted by Gasteiger charge is 2.02. The average Bonchev–Trinajstić information content (AvgIpc) is 2.11. The van der Waals surface area contributed by atoms with Crippen LogP contribution in [0.25, 0.3) is 0 Å². The van der Waals surface area contributed by atoms with Gasteiger partial charge in [-0.05, 0) is 18.2 Å². The van der Waals surface area contributed by atoms with Gasteiger partial charge in [0, 0.05) is 18.7 Å². The fourth-order valence-electron chi connectivity index (χ4n) is 0.981. The van der Waals surface area contributed by atoms with E-state index in [0.717, 1.165) is 18.2 Å². The van der Waals surface area contributed by atoms with Gasteiger partial charge >= 0.3 is 0 Å². The number of halogens is 2. The monoisotopic (exact) mass is 187 g/mol. The Morgan fingerprint density at radius 2 is 2.08 bits per heavy atom. The lowest BCUT2D eigenvalue weighted by molar-refractivity contribution is 0.291. The molecule has 2 N–H and O–H groups in total. The van der Waals surface area contributed by atoms with E-state index in [1.165, 1.54) is 0 Å². The third kappa shape index (κ3) is 3.08. The summed E-state index contributed by atoms with van der Waals surface area (Å²) in [6, 6.07) is 3.30. The van der Waals surface area contributed by atoms with Crippen molar-refractivity contribution in [1.29, 1.82) is 0 Å². The molecule has 1 aromatic rings. The van der Waals surface area contributed by atoms with E-state index < -0.39 is 11.6 Å². The number of hydrogen-bond donors (Lipinski definition) is 2. The predicted molar refractivity (Wildman–Crippen MR) is 45.2 cm³/mol. The topological polar surface area (TPSA) is 32.3 Å². The van der Waals surface area contributed by atoms with Gasteiger partial charge in [-0.15, -0.1) is 0 Å². The fraction of sp³-hybridized carbons (Fsp3) is 0.333. The van der Waals surface area contributed by atoms with Gasteiger partial charge in [0.15, 0.2) is 0 Å². The molecule has 0 fully saturated rings. The third-order valence-corrected chi connectivity index (χ3v) is 1.61. The van der Waals surface area contributed by atoms with Crippen molar-refractivity contribution in [3.8, 4) is 0 Å². The molecule has 0 amide bonds. The quantitative estimate of drug-likeness (QED) is 0.690. The lowest BCUT2D eigenvalue weighted by Crippen LogP contribution is -2.18. The summed E-state index contributed by atoms with van der Waals surface area (Å²) in [6.45, 7) is 0.580. The van der Waals surface area contributed by atoms with Gasteiger partial charge < -0.3 is 10.4 Å². The molecule has 0 saturated heterocycles. The molecule has 0 saturated carbocycles. The maximum atomic E-state index is 12.9. The van der Waals surface area contributed by atoms with Crippen molar-refractivity contribution in [2.45, 2.75) is 6.54 Å². The number of rotatable bonds is 4. The van der Waals surface area contributed by atoms with Crippen LogP contribution >= 0.6 is 0 Å². The molecule has 0 aliphatic carbocycles. The Labute approximate surface area is 75.2 Å². The molecule has 0 aliphatic heterocycles. The minimum Gasteiger partial charge on any atom is -0.395 e. The zero-order valence-electron chi connectivity index (χ0n) is 7.06. The average molecular weight is 187 g/mol. The van der Waals surface area contributed by atoms with Crippen molar-refractivity contribution < 1.29 is 13.9 Å². The lowest BCUT2D eigenvalue weighted by Gasteiger charge is -2.04. The smallest absolute Gasteiger partial charge is 0.127 e. The molecule has 0 spiro atoms. The van der Waals surface area contributed by atoms with Crippen LogP contribution in [-0.4, -0.2) is 18.3 Å². The van der Waals surface area contributed by atoms with E-state index in [1.54, 1.807) is 0 Å². The number of aliphatic hydroxyl groups excluding tert-OH is 1. The number of benzene rings is 1. The molecular formula is C9H11F2NO. The van der Waals surface area contributed by atoms with Crippen molar-refractivity contribution in [2.75, 3.05) is 13.2 Å². The summed E-state index contributed by atoms with van der Waals surface area (Å²) in [5.74, 6) is -0.894. The van der Waals surface area contributed by atoms with Gasteiger partial charge in [0.2, 0.25) is 0 Å². The Hall–Kier alpha value is -1.00. The molecule has 0 aromatic heterocycles. The minimum absolute atomic E-state index is 0.0169. The van der Waals surface area contributed by atoms with Crippen molar-refractivity contribution in [3.63, 3.8) is 0 Å². The van der Waals surface area contributed by atoms with Crippen molar-refractivity contribution in [1.82, 2.24) is 5.32 Å². The first-order valence-electron chi connectivity index (χ1n) is 3.99. The molecular weight excluding hydrogens is 176 g/mol. The Bertz CT molecular complexity index is 278. The highest BCUT2D eigenvalue weighted by atomic mass is 19.1. The van der Waals surface area contributed by atoms with Gasteiger partial charge in [0.05, 0.1) is 6.61 Å². The van der Waals surface area contributed by atoms with Gasteiger partial charge in [-0.25, -0.2) is 8.78 Å². The molecule has 1 aromatic carbocycles. The van der Waals surface area contributed by atoms with E-state index in [9.17, 15) is 8.78 Å². The maximum absolute atomic E-state index is 12.9. The normalized spacial score (nSPS) is 10.4. The molecule has 0 unspecified atom stereocenters. The van der Waals surface area contributed by atoms with Crippen LogP contribution in [0.5, 0.6) is 0 Å². The zero-order chi connectivity index (χ0) is 9.68. The molecule has 2 nitrogen and oxygen atoms in total. The van der Waals surface area contributed by atoms with Gasteiger partial charge in [0.1, 0.15) is 11.6 Å². The van der Waals surface area contributed by atoms with Crippen LogP contribution in [0.3, 0.4) is 0 Å². The van der Waals surface area contributed by atoms with Gasteiger partial charge in [-0.2, -0.15) is 0 Å². The molecule has 0 radical (unpaired) electrons. The predicted octanol–water partition coefficient (Wildman–Crippen LogP) is 1.05. The first-order valence-corrected chi connectivity index (χ1v) is 3.99. The highest BCUT2D eigenvalue weighted by molar-refractivity contribution is 5.18. The minimum atomic E-state index is -0.456. The Morgan fingerprint density at radius 3 is 2.77 bits per heavy atom. The van der Waals surface area contributed by atoms with E-state index in [-0.39, 0.29) is 18.7 Å². The van der Waals surface area contributed by atoms with E-state index in [1.807, 2.05) is 0 Å².